The fraction of sp³-hybridized carbons (Fsp3) is 0.476. The number of nitrogens with zero attached hydrogens (tertiary/aromatic N) is 4. The number of hydrogen-bond acceptors (Lipinski definition) is 4. The number of nitrogens with one attached hydrogen (secondary N) is 1. The molecular weight excluding hydrogens is 338 g/mol. The lowest BCUT2D eigenvalue weighted by molar-refractivity contribution is 0.215. The van der Waals surface area contributed by atoms with Crippen LogP contribution in [0.4, 0.5) is 16.3 Å². The molecule has 3 rings (SSSR count). The van der Waals surface area contributed by atoms with Gasteiger partial charge < -0.3 is 15.1 Å². The molecule has 27 heavy (non-hydrogen) atoms. The molecule has 1 N–H and O–H groups in total. The molecule has 1 aliphatic rings. The van der Waals surface area contributed by atoms with Crippen molar-refractivity contribution in [2.24, 2.45) is 0 Å². The number of rotatable bonds is 3. The van der Waals surface area contributed by atoms with Gasteiger partial charge >= 0.3 is 6.03 Å². The molecule has 2 aromatic rings. The minimum absolute atomic E-state index is 0.0344. The van der Waals surface area contributed by atoms with Gasteiger partial charge in [-0.1, -0.05) is 19.1 Å². The molecule has 1 aromatic heterocycles. The zero-order chi connectivity index (χ0) is 19.4. The summed E-state index contributed by atoms with van der Waals surface area (Å²) >= 11 is 0. The molecule has 1 saturated heterocycles. The highest BCUT2D eigenvalue weighted by Crippen LogP contribution is 2.21. The highest BCUT2D eigenvalue weighted by atomic mass is 16.2. The van der Waals surface area contributed by atoms with Crippen molar-refractivity contribution in [2.75, 3.05) is 36.4 Å². The van der Waals surface area contributed by atoms with E-state index >= 15 is 0 Å². The van der Waals surface area contributed by atoms with Gasteiger partial charge in [-0.05, 0) is 51.3 Å². The number of urea groups is 1. The average molecular weight is 367 g/mol. The van der Waals surface area contributed by atoms with Gasteiger partial charge in [0, 0.05) is 43.1 Å². The highest BCUT2D eigenvalue weighted by molar-refractivity contribution is 5.89. The van der Waals surface area contributed by atoms with Gasteiger partial charge in [-0.3, -0.25) is 0 Å². The average Bonchev–Trinajstić information content (AvgIpc) is 2.91. The Kier molecular flexibility index (Phi) is 5.94. The number of anilines is 2. The molecule has 2 amide bonds. The summed E-state index contributed by atoms with van der Waals surface area (Å²) in [6.07, 6.45) is 1.92. The van der Waals surface area contributed by atoms with Gasteiger partial charge in [0.2, 0.25) is 0 Å². The van der Waals surface area contributed by atoms with Crippen LogP contribution in [0.2, 0.25) is 0 Å². The third kappa shape index (κ3) is 4.56. The number of carbonyl (C=O) groups is 1. The molecule has 144 valence electrons. The predicted molar refractivity (Wildman–Crippen MR) is 109 cm³/mol. The van der Waals surface area contributed by atoms with E-state index in [-0.39, 0.29) is 6.03 Å². The Morgan fingerprint density at radius 3 is 2.48 bits per heavy atom. The predicted octanol–water partition coefficient (Wildman–Crippen LogP) is 3.71. The Morgan fingerprint density at radius 1 is 1.04 bits per heavy atom. The van der Waals surface area contributed by atoms with E-state index in [1.165, 1.54) is 5.56 Å². The molecule has 6 heteroatoms. The zero-order valence-corrected chi connectivity index (χ0v) is 16.7. The van der Waals surface area contributed by atoms with E-state index in [9.17, 15) is 4.79 Å². The first-order valence-electron chi connectivity index (χ1n) is 9.69. The summed E-state index contributed by atoms with van der Waals surface area (Å²) in [6, 6.07) is 8.02. The Hall–Kier alpha value is -2.63. The third-order valence-electron chi connectivity index (χ3n) is 5.17. The van der Waals surface area contributed by atoms with Crippen molar-refractivity contribution in [1.82, 2.24) is 14.9 Å². The second-order valence-electron chi connectivity index (χ2n) is 7.11. The van der Waals surface area contributed by atoms with E-state index in [1.54, 1.807) is 0 Å². The maximum absolute atomic E-state index is 12.7. The second-order valence-corrected chi connectivity index (χ2v) is 7.11. The lowest BCUT2D eigenvalue weighted by atomic mass is 10.1. The van der Waals surface area contributed by atoms with E-state index in [4.69, 9.17) is 0 Å². The first kappa shape index (κ1) is 19.1. The Balaban J connectivity index is 1.64. The van der Waals surface area contributed by atoms with E-state index in [1.807, 2.05) is 30.9 Å². The molecule has 0 atom stereocenters. The van der Waals surface area contributed by atoms with Crippen LogP contribution in [0.5, 0.6) is 0 Å². The SMILES string of the molecule is CCc1ccc(NC(=O)N2CCCN(c3nc(C)nc(C)c3C)CC2)cc1. The molecule has 1 aliphatic heterocycles. The molecule has 0 aliphatic carbocycles. The van der Waals surface area contributed by atoms with Gasteiger partial charge in [0.15, 0.2) is 0 Å². The minimum Gasteiger partial charge on any atom is -0.354 e. The molecule has 2 heterocycles. The van der Waals surface area contributed by atoms with Crippen LogP contribution in [0.1, 0.15) is 36.0 Å². The van der Waals surface area contributed by atoms with Gasteiger partial charge in [0.05, 0.1) is 0 Å². The Morgan fingerprint density at radius 2 is 1.78 bits per heavy atom. The Labute approximate surface area is 161 Å². The van der Waals surface area contributed by atoms with Crippen molar-refractivity contribution >= 4 is 17.5 Å². The van der Waals surface area contributed by atoms with Crippen LogP contribution in [0.15, 0.2) is 24.3 Å². The van der Waals surface area contributed by atoms with Gasteiger partial charge in [-0.15, -0.1) is 0 Å². The van der Waals surface area contributed by atoms with Crippen molar-refractivity contribution < 1.29 is 4.79 Å². The van der Waals surface area contributed by atoms with Crippen LogP contribution in [-0.2, 0) is 6.42 Å². The lowest BCUT2D eigenvalue weighted by Gasteiger charge is -2.25. The molecule has 0 bridgehead atoms. The number of carbonyl (C=O) groups excluding carboxylic acids is 1. The summed E-state index contributed by atoms with van der Waals surface area (Å²) in [7, 11) is 0. The fourth-order valence-corrected chi connectivity index (χ4v) is 3.42. The van der Waals surface area contributed by atoms with E-state index in [2.05, 4.69) is 46.2 Å². The van der Waals surface area contributed by atoms with Crippen molar-refractivity contribution in [3.63, 3.8) is 0 Å². The topological polar surface area (TPSA) is 61.4 Å². The minimum atomic E-state index is -0.0344. The summed E-state index contributed by atoms with van der Waals surface area (Å²) in [5.74, 6) is 1.79. The summed E-state index contributed by atoms with van der Waals surface area (Å²) < 4.78 is 0. The fourth-order valence-electron chi connectivity index (χ4n) is 3.42. The molecule has 0 spiro atoms. The second kappa shape index (κ2) is 8.37. The summed E-state index contributed by atoms with van der Waals surface area (Å²) in [6.45, 7) is 11.2. The molecule has 0 unspecified atom stereocenters. The molecule has 1 aromatic carbocycles. The molecule has 1 fully saturated rings. The Bertz CT molecular complexity index is 803. The van der Waals surface area contributed by atoms with E-state index < -0.39 is 0 Å². The maximum Gasteiger partial charge on any atom is 0.321 e. The first-order valence-corrected chi connectivity index (χ1v) is 9.69. The first-order chi connectivity index (χ1) is 13.0. The smallest absolute Gasteiger partial charge is 0.321 e. The van der Waals surface area contributed by atoms with Crippen LogP contribution in [0.25, 0.3) is 0 Å². The van der Waals surface area contributed by atoms with Crippen LogP contribution < -0.4 is 10.2 Å². The molecule has 0 saturated carbocycles. The van der Waals surface area contributed by atoms with Crippen LogP contribution in [0.3, 0.4) is 0 Å². The van der Waals surface area contributed by atoms with Crippen molar-refractivity contribution in [1.29, 1.82) is 0 Å². The van der Waals surface area contributed by atoms with Crippen molar-refractivity contribution in [2.45, 2.75) is 40.5 Å². The van der Waals surface area contributed by atoms with Gasteiger partial charge in [0.25, 0.3) is 0 Å². The van der Waals surface area contributed by atoms with Gasteiger partial charge in [-0.25, -0.2) is 14.8 Å². The lowest BCUT2D eigenvalue weighted by Crippen LogP contribution is -2.38. The van der Waals surface area contributed by atoms with E-state index in [0.717, 1.165) is 61.1 Å². The third-order valence-corrected chi connectivity index (χ3v) is 5.17. The molecular formula is C21H29N5O. The number of aryl methyl sites for hydroxylation is 3. The number of amides is 2. The zero-order valence-electron chi connectivity index (χ0n) is 16.7. The maximum atomic E-state index is 12.7. The van der Waals surface area contributed by atoms with Crippen molar-refractivity contribution in [3.8, 4) is 0 Å². The quantitative estimate of drug-likeness (QED) is 0.898. The monoisotopic (exact) mass is 367 g/mol. The van der Waals surface area contributed by atoms with Crippen LogP contribution >= 0.6 is 0 Å². The standard InChI is InChI=1S/C21H29N5O/c1-5-18-7-9-19(10-8-18)24-21(27)26-12-6-11-25(13-14-26)20-15(2)16(3)22-17(4)23-20/h7-10H,5-6,11-14H2,1-4H3,(H,24,27). The summed E-state index contributed by atoms with van der Waals surface area (Å²) in [4.78, 5) is 25.9. The number of benzene rings is 1. The van der Waals surface area contributed by atoms with E-state index in [0.29, 0.717) is 6.54 Å². The molecule has 0 radical (unpaired) electrons. The van der Waals surface area contributed by atoms with Crippen LogP contribution in [-0.4, -0.2) is 47.1 Å². The van der Waals surface area contributed by atoms with Gasteiger partial charge in [-0.2, -0.15) is 0 Å². The summed E-state index contributed by atoms with van der Waals surface area (Å²) in [5.41, 5.74) is 4.25. The van der Waals surface area contributed by atoms with Crippen LogP contribution in [0, 0.1) is 20.8 Å². The number of hydrogen-bond donors (Lipinski definition) is 1. The van der Waals surface area contributed by atoms with Gasteiger partial charge in [0.1, 0.15) is 11.6 Å². The molecule has 6 nitrogen and oxygen atoms in total. The highest BCUT2D eigenvalue weighted by Gasteiger charge is 2.21. The van der Waals surface area contributed by atoms with Crippen molar-refractivity contribution in [3.05, 3.63) is 46.9 Å². The normalized spacial score (nSPS) is 14.8. The summed E-state index contributed by atoms with van der Waals surface area (Å²) in [5, 5.41) is 3.02. The largest absolute Gasteiger partial charge is 0.354 e. The number of aromatic nitrogens is 2.